The summed E-state index contributed by atoms with van der Waals surface area (Å²) in [6.45, 7) is 4.39. The van der Waals surface area contributed by atoms with Crippen molar-refractivity contribution in [3.8, 4) is 0 Å². The molecule has 34 heavy (non-hydrogen) atoms. The van der Waals surface area contributed by atoms with Gasteiger partial charge in [-0.05, 0) is 12.8 Å². The molecule has 0 aromatic carbocycles. The van der Waals surface area contributed by atoms with Crippen molar-refractivity contribution in [3.63, 3.8) is 0 Å². The molecule has 182 valence electrons. The molecule has 0 spiro atoms. The number of carbonyl (C=O) groups is 4. The van der Waals surface area contributed by atoms with E-state index in [0.717, 1.165) is 0 Å². The molecule has 0 aliphatic rings. The number of rotatable bonds is 13. The maximum Gasteiger partial charge on any atom is 0.312 e. The van der Waals surface area contributed by atoms with E-state index in [1.54, 1.807) is 49.1 Å². The first-order chi connectivity index (χ1) is 16.3. The van der Waals surface area contributed by atoms with E-state index in [1.165, 1.54) is 13.8 Å². The van der Waals surface area contributed by atoms with Gasteiger partial charge in [0.1, 0.15) is 12.8 Å². The summed E-state index contributed by atoms with van der Waals surface area (Å²) in [5.41, 5.74) is 1.39. The number of hydrogen-bond donors (Lipinski definition) is 2. The molecule has 2 heterocycles. The van der Waals surface area contributed by atoms with Gasteiger partial charge in [-0.15, -0.1) is 0 Å². The summed E-state index contributed by atoms with van der Waals surface area (Å²) < 4.78 is 14.1. The average molecular weight is 473 g/mol. The van der Waals surface area contributed by atoms with Crippen LogP contribution in [0.3, 0.4) is 0 Å². The number of nitrogens with one attached hydrogen (secondary N) is 2. The van der Waals surface area contributed by atoms with E-state index in [4.69, 9.17) is 9.47 Å². The fourth-order valence-electron chi connectivity index (χ4n) is 2.95. The van der Waals surface area contributed by atoms with Crippen LogP contribution in [-0.2, 0) is 41.7 Å². The molecule has 2 N–H and O–H groups in total. The number of ether oxygens (including phenoxy) is 2. The lowest BCUT2D eigenvalue weighted by Crippen LogP contribution is -2.34. The van der Waals surface area contributed by atoms with Gasteiger partial charge in [0.2, 0.25) is 11.8 Å². The minimum absolute atomic E-state index is 0.137. The number of carbonyl (C=O) groups excluding carboxylic acids is 4. The van der Waals surface area contributed by atoms with E-state index in [1.807, 2.05) is 9.13 Å². The Bertz CT molecular complexity index is 881. The van der Waals surface area contributed by atoms with E-state index < -0.39 is 0 Å². The summed E-state index contributed by atoms with van der Waals surface area (Å²) in [4.78, 5) is 45.8. The van der Waals surface area contributed by atoms with Crippen LogP contribution in [0.4, 0.5) is 11.4 Å². The number of aromatic nitrogens is 2. The summed E-state index contributed by atoms with van der Waals surface area (Å²) in [5, 5.41) is 5.36. The minimum Gasteiger partial charge on any atom is -0.465 e. The second kappa shape index (κ2) is 14.4. The van der Waals surface area contributed by atoms with Crippen LogP contribution in [0.1, 0.15) is 39.5 Å². The molecule has 2 rings (SSSR count). The predicted octanol–water partition coefficient (Wildman–Crippen LogP) is 1.53. The zero-order chi connectivity index (χ0) is 24.8. The SMILES string of the molecule is CC(=O)Nc1cc[n+](CCC(=O)OCCCCOC(=O)CC[n+]2ccc(NC(C)=O)cc2)cc1. The topological polar surface area (TPSA) is 119 Å². The van der Waals surface area contributed by atoms with Gasteiger partial charge >= 0.3 is 11.9 Å². The van der Waals surface area contributed by atoms with Crippen molar-refractivity contribution in [2.75, 3.05) is 23.8 Å². The largest absolute Gasteiger partial charge is 0.465 e. The highest BCUT2D eigenvalue weighted by atomic mass is 16.5. The van der Waals surface area contributed by atoms with Crippen LogP contribution in [0.15, 0.2) is 49.1 Å². The molecule has 0 atom stereocenters. The van der Waals surface area contributed by atoms with Gasteiger partial charge in [0.15, 0.2) is 37.9 Å². The molecule has 0 radical (unpaired) electrons. The number of aryl methyl sites for hydroxylation is 2. The Kier molecular flexibility index (Phi) is 11.2. The number of hydrogen-bond acceptors (Lipinski definition) is 6. The molecule has 0 fully saturated rings. The van der Waals surface area contributed by atoms with E-state index in [9.17, 15) is 19.2 Å². The van der Waals surface area contributed by atoms with Crippen molar-refractivity contribution >= 4 is 35.1 Å². The van der Waals surface area contributed by atoms with Crippen LogP contribution in [-0.4, -0.2) is 37.0 Å². The number of esters is 2. The Labute approximate surface area is 198 Å². The lowest BCUT2D eigenvalue weighted by Gasteiger charge is -2.06. The molecule has 10 nitrogen and oxygen atoms in total. The monoisotopic (exact) mass is 472 g/mol. The number of unbranched alkanes of at least 4 members (excludes halogenated alkanes) is 1. The van der Waals surface area contributed by atoms with Crippen molar-refractivity contribution in [2.45, 2.75) is 52.6 Å². The quantitative estimate of drug-likeness (QED) is 0.259. The van der Waals surface area contributed by atoms with Gasteiger partial charge in [0.25, 0.3) is 0 Å². The maximum absolute atomic E-state index is 11.9. The highest BCUT2D eigenvalue weighted by Crippen LogP contribution is 2.03. The fourth-order valence-corrected chi connectivity index (χ4v) is 2.95. The minimum atomic E-state index is -0.294. The zero-order valence-electron chi connectivity index (χ0n) is 19.6. The normalized spacial score (nSPS) is 10.3. The van der Waals surface area contributed by atoms with Gasteiger partial charge in [-0.25, -0.2) is 9.13 Å². The van der Waals surface area contributed by atoms with E-state index in [-0.39, 0.29) is 49.8 Å². The van der Waals surface area contributed by atoms with Crippen molar-refractivity contribution in [1.29, 1.82) is 0 Å². The second-order valence-corrected chi connectivity index (χ2v) is 7.66. The van der Waals surface area contributed by atoms with E-state index in [0.29, 0.717) is 37.3 Å². The molecular weight excluding hydrogens is 440 g/mol. The maximum atomic E-state index is 11.9. The number of pyridine rings is 2. The Balaban J connectivity index is 1.50. The fraction of sp³-hybridized carbons (Fsp3) is 0.417. The second-order valence-electron chi connectivity index (χ2n) is 7.66. The highest BCUT2D eigenvalue weighted by molar-refractivity contribution is 5.88. The van der Waals surface area contributed by atoms with Crippen LogP contribution in [0.5, 0.6) is 0 Å². The van der Waals surface area contributed by atoms with Gasteiger partial charge in [-0.1, -0.05) is 0 Å². The lowest BCUT2D eigenvalue weighted by molar-refractivity contribution is -0.696. The van der Waals surface area contributed by atoms with E-state index >= 15 is 0 Å². The predicted molar refractivity (Wildman–Crippen MR) is 122 cm³/mol. The Morgan fingerprint density at radius 3 is 1.35 bits per heavy atom. The molecular formula is C24H32N4O6+2. The molecule has 0 bridgehead atoms. The standard InChI is InChI=1S/C24H30N4O6/c1-19(29)25-21-5-11-27(12-6-21)15-9-23(31)33-17-3-4-18-34-24(32)10-16-28-13-7-22(8-14-28)26-20(2)30/h5-8,11-14H,3-4,9-10,15-18H2,1-2H3/p+2. The first-order valence-corrected chi connectivity index (χ1v) is 11.2. The summed E-state index contributed by atoms with van der Waals surface area (Å²) in [6.07, 6.45) is 8.83. The van der Waals surface area contributed by atoms with Gasteiger partial charge < -0.3 is 20.1 Å². The van der Waals surface area contributed by atoms with Crippen LogP contribution < -0.4 is 19.8 Å². The zero-order valence-corrected chi connectivity index (χ0v) is 19.6. The third kappa shape index (κ3) is 11.2. The van der Waals surface area contributed by atoms with Gasteiger partial charge in [-0.3, -0.25) is 19.2 Å². The molecule has 0 saturated carbocycles. The number of anilines is 2. The van der Waals surface area contributed by atoms with Gasteiger partial charge in [0.05, 0.1) is 24.6 Å². The van der Waals surface area contributed by atoms with Crippen molar-refractivity contribution in [1.82, 2.24) is 0 Å². The molecule has 10 heteroatoms. The lowest BCUT2D eigenvalue weighted by atomic mass is 10.3. The van der Waals surface area contributed by atoms with Crippen LogP contribution in [0, 0.1) is 0 Å². The van der Waals surface area contributed by atoms with Gasteiger partial charge in [-0.2, -0.15) is 0 Å². The molecule has 0 saturated heterocycles. The van der Waals surface area contributed by atoms with E-state index in [2.05, 4.69) is 10.6 Å². The summed E-state index contributed by atoms with van der Waals surface area (Å²) >= 11 is 0. The Morgan fingerprint density at radius 2 is 1.03 bits per heavy atom. The van der Waals surface area contributed by atoms with Crippen molar-refractivity contribution < 1.29 is 37.8 Å². The van der Waals surface area contributed by atoms with Crippen molar-refractivity contribution in [3.05, 3.63) is 49.1 Å². The summed E-state index contributed by atoms with van der Waals surface area (Å²) in [5.74, 6) is -0.864. The molecule has 2 aromatic rings. The number of amides is 2. The molecule has 0 unspecified atom stereocenters. The summed E-state index contributed by atoms with van der Waals surface area (Å²) in [7, 11) is 0. The first-order valence-electron chi connectivity index (χ1n) is 11.2. The first kappa shape index (κ1) is 26.4. The van der Waals surface area contributed by atoms with Crippen LogP contribution in [0.2, 0.25) is 0 Å². The van der Waals surface area contributed by atoms with Crippen molar-refractivity contribution in [2.24, 2.45) is 0 Å². The summed E-state index contributed by atoms with van der Waals surface area (Å²) in [6, 6.07) is 7.04. The average Bonchev–Trinajstić information content (AvgIpc) is 2.79. The van der Waals surface area contributed by atoms with Crippen LogP contribution >= 0.6 is 0 Å². The molecule has 2 amide bonds. The molecule has 0 aliphatic carbocycles. The number of nitrogens with zero attached hydrogens (tertiary/aromatic N) is 2. The van der Waals surface area contributed by atoms with Gasteiger partial charge in [0, 0.05) is 38.1 Å². The molecule has 0 aliphatic heterocycles. The van der Waals surface area contributed by atoms with Crippen LogP contribution in [0.25, 0.3) is 0 Å². The molecule has 2 aromatic heterocycles. The third-order valence-electron chi connectivity index (χ3n) is 4.64. The highest BCUT2D eigenvalue weighted by Gasteiger charge is 2.10. The Hall–Kier alpha value is -3.82. The smallest absolute Gasteiger partial charge is 0.312 e. The third-order valence-corrected chi connectivity index (χ3v) is 4.64. The Morgan fingerprint density at radius 1 is 0.676 bits per heavy atom.